The van der Waals surface area contributed by atoms with E-state index in [9.17, 15) is 24.5 Å². The number of nitrogen functional groups attached to an aromatic ring is 2. The number of phosphoric acid groups is 1. The Bertz CT molecular complexity index is 1760. The summed E-state index contributed by atoms with van der Waals surface area (Å²) in [6.45, 7) is -0.491. The summed E-state index contributed by atoms with van der Waals surface area (Å²) in [5.41, 5.74) is 11.8. The maximum absolute atomic E-state index is 13.1. The van der Waals surface area contributed by atoms with Crippen molar-refractivity contribution >= 4 is 41.8 Å². The number of rotatable bonds is 2. The van der Waals surface area contributed by atoms with Gasteiger partial charge in [-0.3, -0.25) is 28.5 Å². The molecule has 3 aliphatic heterocycles. The summed E-state index contributed by atoms with van der Waals surface area (Å²) in [4.78, 5) is 41.4. The molecule has 21 heteroatoms. The molecule has 3 fully saturated rings. The summed E-state index contributed by atoms with van der Waals surface area (Å²) in [5, 5.41) is 29.1. The Balaban J connectivity index is 1.17. The van der Waals surface area contributed by atoms with Crippen LogP contribution in [0.1, 0.15) is 24.4 Å². The summed E-state index contributed by atoms with van der Waals surface area (Å²) in [7, 11) is -4.90. The molecule has 42 heavy (non-hydrogen) atoms. The minimum Gasteiger partial charge on any atom is -0.390 e. The molecule has 224 valence electrons. The molecule has 9 atom stereocenters. The van der Waals surface area contributed by atoms with Crippen molar-refractivity contribution in [3.8, 4) is 0 Å². The first-order chi connectivity index (χ1) is 20.1. The number of ether oxygens (including phenoxy) is 3. The van der Waals surface area contributed by atoms with Gasteiger partial charge in [-0.2, -0.15) is 10.1 Å². The van der Waals surface area contributed by atoms with Gasteiger partial charge in [-0.1, -0.05) is 0 Å². The van der Waals surface area contributed by atoms with Crippen LogP contribution < -0.4 is 17.0 Å². The van der Waals surface area contributed by atoms with Gasteiger partial charge in [0.25, 0.3) is 5.56 Å². The standard InChI is InChI=1S/C21H25N10O10P/c22-16-10-8(24-4-25-16)9(29-30-10)14-12(32)6-1-2-37-20-13(33)15(41-42(35,36)38-3-7(6)39-14)19(40-20)31-5-26-11-17(31)27-21(23)28-18(11)34/h4-7,12-15,19-20,32-33H,1-3H2,(H,29,30)(H,35,36)(H2,22,24,25)(H3,23,27,28,34)/t6-,7-,12-,13+,14+,15-,19-,20?/m1/s1. The zero-order chi connectivity index (χ0) is 29.3. The van der Waals surface area contributed by atoms with E-state index in [4.69, 9.17) is 34.7 Å². The van der Waals surface area contributed by atoms with Gasteiger partial charge in [-0.25, -0.2) is 19.5 Å². The van der Waals surface area contributed by atoms with Gasteiger partial charge >= 0.3 is 7.82 Å². The molecule has 3 aliphatic rings. The molecule has 9 N–H and O–H groups in total. The molecule has 3 saturated heterocycles. The number of hydrogen-bond donors (Lipinski definition) is 7. The molecular formula is C21H25N10O10P. The van der Waals surface area contributed by atoms with Crippen molar-refractivity contribution in [2.75, 3.05) is 24.7 Å². The molecule has 0 aliphatic carbocycles. The fourth-order valence-corrected chi connectivity index (χ4v) is 6.47. The van der Waals surface area contributed by atoms with Crippen LogP contribution >= 0.6 is 7.82 Å². The fourth-order valence-electron chi connectivity index (χ4n) is 5.54. The SMILES string of the molecule is Nc1nc2c(ncn2[C@@H]2OC3OCC[C@H]4[C@@H](O)[C@H](c5[nH]nc6c(N)ncnc56)O[C@@H]4COP(=O)(O)O[C@@H]2[C@@H]3O)c(=O)[nH]1. The van der Waals surface area contributed by atoms with Crippen molar-refractivity contribution in [3.63, 3.8) is 0 Å². The second-order valence-electron chi connectivity index (χ2n) is 10.00. The number of nitrogens with two attached hydrogens (primary N) is 2. The fraction of sp³-hybridized carbons (Fsp3) is 0.524. The van der Waals surface area contributed by atoms with Crippen LogP contribution in [0.15, 0.2) is 17.4 Å². The molecular weight excluding hydrogens is 583 g/mol. The molecule has 0 radical (unpaired) electrons. The lowest BCUT2D eigenvalue weighted by Crippen LogP contribution is -2.37. The number of hydrogen-bond acceptors (Lipinski definition) is 16. The topological polar surface area (TPSA) is 294 Å². The smallest absolute Gasteiger partial charge is 0.390 e. The van der Waals surface area contributed by atoms with E-state index >= 15 is 0 Å². The predicted molar refractivity (Wildman–Crippen MR) is 137 cm³/mol. The number of imidazole rings is 1. The van der Waals surface area contributed by atoms with Crippen LogP contribution in [0.4, 0.5) is 11.8 Å². The average Bonchev–Trinajstić information content (AvgIpc) is 3.69. The predicted octanol–water partition coefficient (Wildman–Crippen LogP) is -1.79. The number of aromatic nitrogens is 8. The first-order valence-electron chi connectivity index (χ1n) is 12.7. The lowest BCUT2D eigenvalue weighted by atomic mass is 9.92. The van der Waals surface area contributed by atoms with Gasteiger partial charge in [0.05, 0.1) is 37.4 Å². The molecule has 0 spiro atoms. The van der Waals surface area contributed by atoms with Gasteiger partial charge in [0.1, 0.15) is 30.2 Å². The zero-order valence-electron chi connectivity index (χ0n) is 21.4. The Hall–Kier alpha value is -3.59. The van der Waals surface area contributed by atoms with Gasteiger partial charge in [0, 0.05) is 5.92 Å². The number of aromatic amines is 2. The number of fused-ring (bicyclic) bond motifs is 5. The summed E-state index contributed by atoms with van der Waals surface area (Å²) < 4.78 is 42.7. The summed E-state index contributed by atoms with van der Waals surface area (Å²) in [6.07, 6.45) is -6.14. The number of H-pyrrole nitrogens is 2. The van der Waals surface area contributed by atoms with E-state index in [0.29, 0.717) is 16.7 Å². The van der Waals surface area contributed by atoms with Crippen molar-refractivity contribution in [1.82, 2.24) is 39.7 Å². The molecule has 7 heterocycles. The number of anilines is 2. The van der Waals surface area contributed by atoms with E-state index in [1.807, 2.05) is 0 Å². The van der Waals surface area contributed by atoms with Crippen LogP contribution in [-0.2, 0) is 27.8 Å². The number of nitrogens with one attached hydrogen (secondary N) is 2. The summed E-state index contributed by atoms with van der Waals surface area (Å²) in [6, 6.07) is 0. The summed E-state index contributed by atoms with van der Waals surface area (Å²) in [5.74, 6) is -0.727. The highest BCUT2D eigenvalue weighted by molar-refractivity contribution is 7.47. The molecule has 20 nitrogen and oxygen atoms in total. The van der Waals surface area contributed by atoms with Crippen molar-refractivity contribution in [1.29, 1.82) is 0 Å². The van der Waals surface area contributed by atoms with Crippen molar-refractivity contribution in [2.24, 2.45) is 5.92 Å². The van der Waals surface area contributed by atoms with E-state index in [-0.39, 0.29) is 36.0 Å². The highest BCUT2D eigenvalue weighted by Crippen LogP contribution is 2.51. The Kier molecular flexibility index (Phi) is 6.49. The van der Waals surface area contributed by atoms with Crippen LogP contribution in [-0.4, -0.2) is 98.7 Å². The van der Waals surface area contributed by atoms with E-state index < -0.39 is 68.9 Å². The van der Waals surface area contributed by atoms with E-state index in [1.165, 1.54) is 17.2 Å². The number of aliphatic hydroxyl groups is 2. The Morgan fingerprint density at radius 3 is 2.76 bits per heavy atom. The molecule has 0 amide bonds. The van der Waals surface area contributed by atoms with E-state index in [0.717, 1.165) is 0 Å². The van der Waals surface area contributed by atoms with E-state index in [2.05, 4.69) is 35.1 Å². The van der Waals surface area contributed by atoms with Crippen molar-refractivity contribution in [3.05, 3.63) is 28.7 Å². The normalized spacial score (nSPS) is 35.7. The third-order valence-electron chi connectivity index (χ3n) is 7.51. The molecule has 7 rings (SSSR count). The van der Waals surface area contributed by atoms with Crippen LogP contribution in [0, 0.1) is 5.92 Å². The van der Waals surface area contributed by atoms with Crippen molar-refractivity contribution < 1.29 is 42.9 Å². The van der Waals surface area contributed by atoms with Crippen LogP contribution in [0.5, 0.6) is 0 Å². The van der Waals surface area contributed by atoms with Gasteiger partial charge in [0.2, 0.25) is 5.95 Å². The van der Waals surface area contributed by atoms with Gasteiger partial charge in [0.15, 0.2) is 35.0 Å². The van der Waals surface area contributed by atoms with Crippen LogP contribution in [0.25, 0.3) is 22.2 Å². The van der Waals surface area contributed by atoms with Crippen LogP contribution in [0.3, 0.4) is 0 Å². The average molecular weight is 608 g/mol. The molecule has 0 saturated carbocycles. The highest BCUT2D eigenvalue weighted by atomic mass is 31.2. The Morgan fingerprint density at radius 2 is 1.93 bits per heavy atom. The molecule has 4 aromatic rings. The number of nitrogens with zero attached hydrogens (tertiary/aromatic N) is 6. The first-order valence-corrected chi connectivity index (χ1v) is 14.2. The second-order valence-corrected chi connectivity index (χ2v) is 11.4. The quantitative estimate of drug-likeness (QED) is 0.124. The minimum atomic E-state index is -4.90. The lowest BCUT2D eigenvalue weighted by molar-refractivity contribution is -0.178. The van der Waals surface area contributed by atoms with E-state index in [1.54, 1.807) is 0 Å². The number of aliphatic hydroxyl groups excluding tert-OH is 2. The summed E-state index contributed by atoms with van der Waals surface area (Å²) >= 11 is 0. The maximum Gasteiger partial charge on any atom is 0.472 e. The third-order valence-corrected chi connectivity index (χ3v) is 8.50. The minimum absolute atomic E-state index is 0.0174. The second kappa shape index (κ2) is 10.0. The highest BCUT2D eigenvalue weighted by Gasteiger charge is 2.52. The Morgan fingerprint density at radius 1 is 1.10 bits per heavy atom. The van der Waals surface area contributed by atoms with Crippen molar-refractivity contribution in [2.45, 2.75) is 49.5 Å². The maximum atomic E-state index is 13.1. The van der Waals surface area contributed by atoms with Gasteiger partial charge < -0.3 is 40.8 Å². The number of phosphoric ester groups is 1. The van der Waals surface area contributed by atoms with Gasteiger partial charge in [-0.15, -0.1) is 0 Å². The third kappa shape index (κ3) is 4.44. The first kappa shape index (κ1) is 27.3. The molecule has 2 bridgehead atoms. The largest absolute Gasteiger partial charge is 0.472 e. The lowest BCUT2D eigenvalue weighted by Gasteiger charge is -2.26. The monoisotopic (exact) mass is 608 g/mol. The Labute approximate surface area is 233 Å². The molecule has 4 aromatic heterocycles. The molecule has 0 aromatic carbocycles. The molecule has 2 unspecified atom stereocenters. The van der Waals surface area contributed by atoms with Crippen LogP contribution in [0.2, 0.25) is 0 Å². The zero-order valence-corrected chi connectivity index (χ0v) is 22.3. The van der Waals surface area contributed by atoms with Gasteiger partial charge in [-0.05, 0) is 6.42 Å².